The molecule has 0 aromatic heterocycles. The van der Waals surface area contributed by atoms with Crippen LogP contribution in [0.1, 0.15) is 65.2 Å². The van der Waals surface area contributed by atoms with E-state index in [9.17, 15) is 0 Å². The van der Waals surface area contributed by atoms with Crippen LogP contribution < -0.4 is 5.43 Å². The van der Waals surface area contributed by atoms with Crippen molar-refractivity contribution in [2.75, 3.05) is 33.2 Å². The molecule has 1 rings (SSSR count). The van der Waals surface area contributed by atoms with Crippen molar-refractivity contribution in [2.24, 2.45) is 0 Å². The number of likely N-dealkylation sites (N-methyl/N-ethyl adjacent to an activating group) is 1. The van der Waals surface area contributed by atoms with Gasteiger partial charge in [-0.05, 0) is 19.9 Å². The third-order valence-electron chi connectivity index (χ3n) is 4.18. The second-order valence-corrected chi connectivity index (χ2v) is 6.11. The predicted octanol–water partition coefficient (Wildman–Crippen LogP) is 3.27. The van der Waals surface area contributed by atoms with Gasteiger partial charge in [-0.25, -0.2) is 5.01 Å². The molecule has 0 aromatic carbocycles. The fraction of sp³-hybridized carbons (Fsp3) is 1.00. The largest absolute Gasteiger partial charge is 0.304 e. The van der Waals surface area contributed by atoms with Crippen molar-refractivity contribution in [3.63, 3.8) is 0 Å². The maximum Gasteiger partial charge on any atom is 0.0259 e. The summed E-state index contributed by atoms with van der Waals surface area (Å²) in [6.07, 6.45) is 10.9. The maximum absolute atomic E-state index is 3.80. The Morgan fingerprint density at radius 2 is 1.37 bits per heavy atom. The van der Waals surface area contributed by atoms with Gasteiger partial charge in [0, 0.05) is 32.2 Å². The van der Waals surface area contributed by atoms with Crippen LogP contribution in [0.2, 0.25) is 0 Å². The molecule has 1 saturated heterocycles. The summed E-state index contributed by atoms with van der Waals surface area (Å²) >= 11 is 0. The van der Waals surface area contributed by atoms with Gasteiger partial charge in [0.05, 0.1) is 0 Å². The van der Waals surface area contributed by atoms with Crippen LogP contribution in [0.5, 0.6) is 0 Å². The number of hydrazine groups is 1. The van der Waals surface area contributed by atoms with E-state index < -0.39 is 0 Å². The lowest BCUT2D eigenvalue weighted by atomic mass is 10.0. The number of hydrogen-bond donors (Lipinski definition) is 1. The molecular formula is C16H35N3. The van der Waals surface area contributed by atoms with E-state index in [0.29, 0.717) is 6.04 Å². The molecular weight excluding hydrogens is 234 g/mol. The molecule has 1 heterocycles. The summed E-state index contributed by atoms with van der Waals surface area (Å²) in [4.78, 5) is 2.42. The highest BCUT2D eigenvalue weighted by molar-refractivity contribution is 4.71. The third-order valence-corrected chi connectivity index (χ3v) is 4.18. The smallest absolute Gasteiger partial charge is 0.0259 e. The van der Waals surface area contributed by atoms with E-state index in [0.717, 1.165) is 0 Å². The summed E-state index contributed by atoms with van der Waals surface area (Å²) in [7, 11) is 2.22. The van der Waals surface area contributed by atoms with Crippen LogP contribution >= 0.6 is 0 Å². The monoisotopic (exact) mass is 269 g/mol. The Morgan fingerprint density at radius 3 is 1.84 bits per heavy atom. The Labute approximate surface area is 120 Å². The molecule has 0 radical (unpaired) electrons. The average molecular weight is 269 g/mol. The summed E-state index contributed by atoms with van der Waals surface area (Å²) in [5.41, 5.74) is 3.80. The highest BCUT2D eigenvalue weighted by Gasteiger charge is 2.17. The van der Waals surface area contributed by atoms with Crippen molar-refractivity contribution in [3.05, 3.63) is 0 Å². The van der Waals surface area contributed by atoms with Gasteiger partial charge in [-0.15, -0.1) is 0 Å². The number of unbranched alkanes of at least 4 members (excludes halogenated alkanes) is 4. The zero-order valence-electron chi connectivity index (χ0n) is 13.5. The van der Waals surface area contributed by atoms with Crippen LogP contribution in [0.3, 0.4) is 0 Å². The molecule has 0 amide bonds. The first-order chi connectivity index (χ1) is 9.26. The number of nitrogens with one attached hydrogen (secondary N) is 1. The lowest BCUT2D eigenvalue weighted by molar-refractivity contribution is 0.0817. The Balaban J connectivity index is 2.25. The zero-order valence-corrected chi connectivity index (χ0v) is 13.5. The van der Waals surface area contributed by atoms with E-state index in [2.05, 4.69) is 36.2 Å². The van der Waals surface area contributed by atoms with Crippen LogP contribution in [-0.2, 0) is 0 Å². The standard InChI is InChI=1S/C16H35N3/c1-4-6-8-10-16(11-9-7-5-2)17-19-14-12-18(3)13-15-19/h16-17H,4-15H2,1-3H3. The fourth-order valence-corrected chi connectivity index (χ4v) is 2.75. The molecule has 0 aromatic rings. The third kappa shape index (κ3) is 7.91. The van der Waals surface area contributed by atoms with E-state index in [4.69, 9.17) is 0 Å². The van der Waals surface area contributed by atoms with Crippen LogP contribution in [-0.4, -0.2) is 49.2 Å². The quantitative estimate of drug-likeness (QED) is 0.614. The van der Waals surface area contributed by atoms with Gasteiger partial charge in [-0.2, -0.15) is 0 Å². The summed E-state index contributed by atoms with van der Waals surface area (Å²) in [5.74, 6) is 0. The van der Waals surface area contributed by atoms with E-state index in [1.54, 1.807) is 0 Å². The lowest BCUT2D eigenvalue weighted by Crippen LogP contribution is -2.53. The zero-order chi connectivity index (χ0) is 13.9. The van der Waals surface area contributed by atoms with Crippen LogP contribution in [0.15, 0.2) is 0 Å². The molecule has 3 nitrogen and oxygen atoms in total. The summed E-state index contributed by atoms with van der Waals surface area (Å²) in [6, 6.07) is 0.710. The average Bonchev–Trinajstić information content (AvgIpc) is 2.41. The highest BCUT2D eigenvalue weighted by Crippen LogP contribution is 2.12. The summed E-state index contributed by atoms with van der Waals surface area (Å²) in [5, 5.41) is 2.46. The van der Waals surface area contributed by atoms with Crippen LogP contribution in [0, 0.1) is 0 Å². The van der Waals surface area contributed by atoms with Gasteiger partial charge in [-0.3, -0.25) is 5.43 Å². The second kappa shape index (κ2) is 10.6. The summed E-state index contributed by atoms with van der Waals surface area (Å²) < 4.78 is 0. The summed E-state index contributed by atoms with van der Waals surface area (Å²) in [6.45, 7) is 9.33. The molecule has 3 heteroatoms. The molecule has 0 spiro atoms. The van der Waals surface area contributed by atoms with Crippen molar-refractivity contribution in [1.82, 2.24) is 15.3 Å². The predicted molar refractivity (Wildman–Crippen MR) is 84.3 cm³/mol. The first-order valence-electron chi connectivity index (χ1n) is 8.46. The highest BCUT2D eigenvalue weighted by atomic mass is 15.5. The van der Waals surface area contributed by atoms with Gasteiger partial charge in [0.1, 0.15) is 0 Å². The Hall–Kier alpha value is -0.120. The molecule has 1 aliphatic heterocycles. The molecule has 0 saturated carbocycles. The lowest BCUT2D eigenvalue weighted by Gasteiger charge is -2.35. The normalized spacial score (nSPS) is 18.3. The molecule has 0 atom stereocenters. The molecule has 0 bridgehead atoms. The number of piperazine rings is 1. The topological polar surface area (TPSA) is 18.5 Å². The SMILES string of the molecule is CCCCCC(CCCCC)NN1CCN(C)CC1. The van der Waals surface area contributed by atoms with E-state index in [1.807, 2.05) is 0 Å². The molecule has 19 heavy (non-hydrogen) atoms. The van der Waals surface area contributed by atoms with Gasteiger partial charge >= 0.3 is 0 Å². The van der Waals surface area contributed by atoms with Crippen molar-refractivity contribution >= 4 is 0 Å². The van der Waals surface area contributed by atoms with Gasteiger partial charge in [0.2, 0.25) is 0 Å². The maximum atomic E-state index is 3.80. The van der Waals surface area contributed by atoms with Crippen molar-refractivity contribution in [2.45, 2.75) is 71.3 Å². The van der Waals surface area contributed by atoms with E-state index >= 15 is 0 Å². The molecule has 1 aliphatic rings. The number of nitrogens with zero attached hydrogens (tertiary/aromatic N) is 2. The van der Waals surface area contributed by atoms with Gasteiger partial charge in [-0.1, -0.05) is 52.4 Å². The molecule has 1 fully saturated rings. The Morgan fingerprint density at radius 1 is 0.842 bits per heavy atom. The van der Waals surface area contributed by atoms with Crippen LogP contribution in [0.4, 0.5) is 0 Å². The number of hydrogen-bond acceptors (Lipinski definition) is 3. The van der Waals surface area contributed by atoms with Crippen molar-refractivity contribution in [3.8, 4) is 0 Å². The molecule has 0 unspecified atom stereocenters. The minimum atomic E-state index is 0.710. The molecule has 114 valence electrons. The first-order valence-corrected chi connectivity index (χ1v) is 8.46. The van der Waals surface area contributed by atoms with Crippen molar-refractivity contribution < 1.29 is 0 Å². The van der Waals surface area contributed by atoms with Gasteiger partial charge in [0.25, 0.3) is 0 Å². The van der Waals surface area contributed by atoms with Gasteiger partial charge in [0.15, 0.2) is 0 Å². The van der Waals surface area contributed by atoms with E-state index in [1.165, 1.54) is 77.5 Å². The fourth-order valence-electron chi connectivity index (χ4n) is 2.75. The first kappa shape index (κ1) is 16.9. The second-order valence-electron chi connectivity index (χ2n) is 6.11. The molecule has 1 N–H and O–H groups in total. The van der Waals surface area contributed by atoms with Crippen LogP contribution in [0.25, 0.3) is 0 Å². The minimum absolute atomic E-state index is 0.710. The van der Waals surface area contributed by atoms with E-state index in [-0.39, 0.29) is 0 Å². The Bertz CT molecular complexity index is 190. The Kier molecular flexibility index (Phi) is 9.48. The van der Waals surface area contributed by atoms with Crippen molar-refractivity contribution in [1.29, 1.82) is 0 Å². The van der Waals surface area contributed by atoms with Gasteiger partial charge < -0.3 is 4.90 Å². The minimum Gasteiger partial charge on any atom is -0.304 e. The number of rotatable bonds is 10. The molecule has 0 aliphatic carbocycles.